The van der Waals surface area contributed by atoms with Gasteiger partial charge in [0.05, 0.1) is 0 Å². The van der Waals surface area contributed by atoms with E-state index in [0.29, 0.717) is 12.8 Å². The van der Waals surface area contributed by atoms with Crippen molar-refractivity contribution in [1.29, 1.82) is 0 Å². The Morgan fingerprint density at radius 1 is 1.56 bits per heavy atom. The zero-order valence-corrected chi connectivity index (χ0v) is 5.62. The molecule has 1 aliphatic carbocycles. The van der Waals surface area contributed by atoms with Gasteiger partial charge in [-0.3, -0.25) is 0 Å². The third kappa shape index (κ3) is 0.943. The summed E-state index contributed by atoms with van der Waals surface area (Å²) in [5.74, 6) is 0. The van der Waals surface area contributed by atoms with Crippen LogP contribution in [0.5, 0.6) is 0 Å². The summed E-state index contributed by atoms with van der Waals surface area (Å²) in [6.45, 7) is -0.0914. The lowest BCUT2D eigenvalue weighted by Crippen LogP contribution is -2.28. The summed E-state index contributed by atoms with van der Waals surface area (Å²) in [4.78, 5) is 0. The van der Waals surface area contributed by atoms with Crippen LogP contribution in [0.3, 0.4) is 0 Å². The average molecular weight is 153 g/mol. The SMILES string of the molecule is NCC1(S(=O)(=O)F)CC1. The molecule has 0 bridgehead atoms. The van der Waals surface area contributed by atoms with Gasteiger partial charge in [-0.15, -0.1) is 3.89 Å². The lowest BCUT2D eigenvalue weighted by atomic mass is 10.4. The number of hydrogen-bond acceptors (Lipinski definition) is 3. The Balaban J connectivity index is 2.85. The van der Waals surface area contributed by atoms with E-state index >= 15 is 0 Å². The van der Waals surface area contributed by atoms with Gasteiger partial charge in [-0.05, 0) is 12.8 Å². The second-order valence-electron chi connectivity index (χ2n) is 2.32. The molecular weight excluding hydrogens is 145 g/mol. The first-order valence-electron chi connectivity index (χ1n) is 2.66. The summed E-state index contributed by atoms with van der Waals surface area (Å²) < 4.78 is 31.3. The van der Waals surface area contributed by atoms with Crippen molar-refractivity contribution in [3.8, 4) is 0 Å². The van der Waals surface area contributed by atoms with Gasteiger partial charge in [0, 0.05) is 6.54 Å². The molecule has 0 heterocycles. The average Bonchev–Trinajstić information content (AvgIpc) is 2.40. The van der Waals surface area contributed by atoms with Gasteiger partial charge < -0.3 is 5.73 Å². The van der Waals surface area contributed by atoms with Crippen molar-refractivity contribution in [2.45, 2.75) is 17.6 Å². The normalized spacial score (nSPS) is 23.8. The predicted octanol–water partition coefficient (Wildman–Crippen LogP) is -0.223. The van der Waals surface area contributed by atoms with Crippen LogP contribution in [0.15, 0.2) is 0 Å². The second-order valence-corrected chi connectivity index (χ2v) is 4.07. The first-order chi connectivity index (χ1) is 4.02. The maximum Gasteiger partial charge on any atom is 0.309 e. The summed E-state index contributed by atoms with van der Waals surface area (Å²) in [6.07, 6.45) is 0.755. The summed E-state index contributed by atoms with van der Waals surface area (Å²) in [5, 5.41) is 0. The van der Waals surface area contributed by atoms with Gasteiger partial charge in [0.25, 0.3) is 0 Å². The predicted molar refractivity (Wildman–Crippen MR) is 31.0 cm³/mol. The molecule has 0 spiro atoms. The Morgan fingerprint density at radius 3 is 2.00 bits per heavy atom. The van der Waals surface area contributed by atoms with Crippen molar-refractivity contribution in [2.24, 2.45) is 5.73 Å². The van der Waals surface area contributed by atoms with E-state index in [1.54, 1.807) is 0 Å². The van der Waals surface area contributed by atoms with Crippen molar-refractivity contribution in [3.05, 3.63) is 0 Å². The second kappa shape index (κ2) is 1.67. The molecule has 2 N–H and O–H groups in total. The van der Waals surface area contributed by atoms with Crippen LogP contribution in [0.2, 0.25) is 0 Å². The molecular formula is C4H8FNO2S. The number of rotatable bonds is 2. The summed E-state index contributed by atoms with van der Waals surface area (Å²) in [7, 11) is -4.37. The zero-order chi connectivity index (χ0) is 7.12. The molecule has 9 heavy (non-hydrogen) atoms. The van der Waals surface area contributed by atoms with Gasteiger partial charge in [0.15, 0.2) is 0 Å². The van der Waals surface area contributed by atoms with Gasteiger partial charge in [0.1, 0.15) is 4.75 Å². The zero-order valence-electron chi connectivity index (χ0n) is 4.80. The summed E-state index contributed by atoms with van der Waals surface area (Å²) >= 11 is 0. The van der Waals surface area contributed by atoms with Crippen molar-refractivity contribution in [2.75, 3.05) is 6.54 Å². The van der Waals surface area contributed by atoms with Crippen molar-refractivity contribution < 1.29 is 12.3 Å². The van der Waals surface area contributed by atoms with E-state index in [2.05, 4.69) is 0 Å². The Bertz CT molecular complexity index is 207. The first-order valence-corrected chi connectivity index (χ1v) is 4.04. The van der Waals surface area contributed by atoms with Crippen molar-refractivity contribution in [1.82, 2.24) is 0 Å². The van der Waals surface area contributed by atoms with E-state index in [9.17, 15) is 12.3 Å². The molecule has 0 unspecified atom stereocenters. The number of hydrogen-bond donors (Lipinski definition) is 1. The van der Waals surface area contributed by atoms with Crippen LogP contribution in [0, 0.1) is 0 Å². The molecule has 5 heteroatoms. The quantitative estimate of drug-likeness (QED) is 0.558. The maximum absolute atomic E-state index is 12.1. The van der Waals surface area contributed by atoms with Crippen LogP contribution < -0.4 is 5.73 Å². The molecule has 54 valence electrons. The van der Waals surface area contributed by atoms with Crippen LogP contribution in [-0.2, 0) is 10.2 Å². The van der Waals surface area contributed by atoms with Crippen LogP contribution in [-0.4, -0.2) is 19.7 Å². The Morgan fingerprint density at radius 2 is 2.00 bits per heavy atom. The van der Waals surface area contributed by atoms with E-state index in [1.165, 1.54) is 0 Å². The van der Waals surface area contributed by atoms with Crippen molar-refractivity contribution in [3.63, 3.8) is 0 Å². The van der Waals surface area contributed by atoms with E-state index < -0.39 is 15.0 Å². The minimum Gasteiger partial charge on any atom is -0.329 e. The molecule has 1 fully saturated rings. The third-order valence-electron chi connectivity index (χ3n) is 1.70. The van der Waals surface area contributed by atoms with Crippen LogP contribution in [0.4, 0.5) is 3.89 Å². The molecule has 0 atom stereocenters. The standard InChI is InChI=1S/C4H8FNO2S/c5-9(7,8)4(3-6)1-2-4/h1-3,6H2. The highest BCUT2D eigenvalue weighted by molar-refractivity contribution is 7.88. The van der Waals surface area contributed by atoms with Gasteiger partial charge in [0.2, 0.25) is 0 Å². The molecule has 1 rings (SSSR count). The molecule has 0 aliphatic heterocycles. The highest BCUT2D eigenvalue weighted by atomic mass is 32.3. The topological polar surface area (TPSA) is 60.2 Å². The molecule has 1 saturated carbocycles. The lowest BCUT2D eigenvalue weighted by Gasteiger charge is -2.03. The molecule has 3 nitrogen and oxygen atoms in total. The number of halogens is 1. The van der Waals surface area contributed by atoms with E-state index in [-0.39, 0.29) is 6.54 Å². The monoisotopic (exact) mass is 153 g/mol. The van der Waals surface area contributed by atoms with E-state index in [4.69, 9.17) is 5.73 Å². The highest BCUT2D eigenvalue weighted by Gasteiger charge is 2.54. The summed E-state index contributed by atoms with van der Waals surface area (Å²) in [5.41, 5.74) is 5.04. The molecule has 0 aromatic rings. The minimum absolute atomic E-state index is 0.0914. The Hall–Kier alpha value is -0.160. The third-order valence-corrected chi connectivity index (χ3v) is 3.31. The molecule has 0 radical (unpaired) electrons. The van der Waals surface area contributed by atoms with Gasteiger partial charge in [-0.1, -0.05) is 0 Å². The maximum atomic E-state index is 12.1. The highest BCUT2D eigenvalue weighted by Crippen LogP contribution is 2.43. The van der Waals surface area contributed by atoms with Gasteiger partial charge in [-0.2, -0.15) is 8.42 Å². The fraction of sp³-hybridized carbons (Fsp3) is 1.00. The largest absolute Gasteiger partial charge is 0.329 e. The fourth-order valence-corrected chi connectivity index (χ4v) is 1.48. The van der Waals surface area contributed by atoms with Crippen LogP contribution >= 0.6 is 0 Å². The lowest BCUT2D eigenvalue weighted by molar-refractivity contribution is 0.531. The number of nitrogens with two attached hydrogens (primary N) is 1. The molecule has 0 saturated heterocycles. The molecule has 1 aliphatic rings. The van der Waals surface area contributed by atoms with E-state index in [0.717, 1.165) is 0 Å². The van der Waals surface area contributed by atoms with E-state index in [1.807, 2.05) is 0 Å². The van der Waals surface area contributed by atoms with Crippen LogP contribution in [0.1, 0.15) is 12.8 Å². The minimum atomic E-state index is -4.37. The van der Waals surface area contributed by atoms with Gasteiger partial charge >= 0.3 is 10.2 Å². The van der Waals surface area contributed by atoms with Crippen LogP contribution in [0.25, 0.3) is 0 Å². The first kappa shape index (κ1) is 6.95. The molecule has 0 aromatic heterocycles. The molecule has 0 amide bonds. The fourth-order valence-electron chi connectivity index (χ4n) is 0.687. The van der Waals surface area contributed by atoms with Crippen molar-refractivity contribution >= 4 is 10.2 Å². The summed E-state index contributed by atoms with van der Waals surface area (Å²) in [6, 6.07) is 0. The Kier molecular flexibility index (Phi) is 1.29. The smallest absolute Gasteiger partial charge is 0.309 e. The Labute approximate surface area is 53.3 Å². The molecule has 0 aromatic carbocycles. The van der Waals surface area contributed by atoms with Gasteiger partial charge in [-0.25, -0.2) is 0 Å².